The summed E-state index contributed by atoms with van der Waals surface area (Å²) in [6, 6.07) is 10.4. The fraction of sp³-hybridized carbons (Fsp3) is 0.571. The van der Waals surface area contributed by atoms with Gasteiger partial charge in [0.2, 0.25) is 0 Å². The van der Waals surface area contributed by atoms with Crippen LogP contribution in [-0.4, -0.2) is 9.30 Å². The topological polar surface area (TPSA) is 35.1 Å². The minimum Gasteiger partial charge on any atom is -0.598 e. The van der Waals surface area contributed by atoms with Crippen LogP contribution in [-0.2, 0) is 11.4 Å². The minimum atomic E-state index is -1.02. The molecule has 0 aliphatic carbocycles. The number of rotatable bonds is 5. The van der Waals surface area contributed by atoms with Gasteiger partial charge in [0.25, 0.3) is 0 Å². The van der Waals surface area contributed by atoms with Crippen LogP contribution in [0.1, 0.15) is 52.1 Å². The minimum absolute atomic E-state index is 0.182. The zero-order valence-electron chi connectivity index (χ0n) is 11.2. The Labute approximate surface area is 108 Å². The van der Waals surface area contributed by atoms with Gasteiger partial charge in [0.15, 0.2) is 0 Å². The lowest BCUT2D eigenvalue weighted by atomic mass is 10.0. The monoisotopic (exact) mass is 253 g/mol. The van der Waals surface area contributed by atoms with Crippen LogP contribution in [0.25, 0.3) is 0 Å². The molecule has 2 nitrogen and oxygen atoms in total. The molecule has 0 aromatic heterocycles. The van der Waals surface area contributed by atoms with Crippen LogP contribution in [0.4, 0.5) is 0 Å². The van der Waals surface area contributed by atoms with E-state index >= 15 is 0 Å². The molecule has 0 heterocycles. The molecule has 1 rings (SSSR count). The Morgan fingerprint density at radius 3 is 2.29 bits per heavy atom. The largest absolute Gasteiger partial charge is 0.598 e. The van der Waals surface area contributed by atoms with Crippen LogP contribution < -0.4 is 4.72 Å². The van der Waals surface area contributed by atoms with Gasteiger partial charge in [0.1, 0.15) is 4.75 Å². The first-order chi connectivity index (χ1) is 7.95. The average Bonchev–Trinajstić information content (AvgIpc) is 2.28. The highest BCUT2D eigenvalue weighted by Crippen LogP contribution is 2.23. The van der Waals surface area contributed by atoms with Crippen LogP contribution >= 0.6 is 0 Å². The quantitative estimate of drug-likeness (QED) is 0.814. The molecule has 2 atom stereocenters. The van der Waals surface area contributed by atoms with Gasteiger partial charge in [-0.25, -0.2) is 0 Å². The average molecular weight is 253 g/mol. The van der Waals surface area contributed by atoms with Crippen molar-refractivity contribution in [3.05, 3.63) is 35.9 Å². The maximum atomic E-state index is 12.1. The van der Waals surface area contributed by atoms with E-state index in [1.54, 1.807) is 0 Å². The third-order valence-electron chi connectivity index (χ3n) is 2.58. The first-order valence-corrected chi connectivity index (χ1v) is 7.33. The summed E-state index contributed by atoms with van der Waals surface area (Å²) in [5, 5.41) is 0. The van der Waals surface area contributed by atoms with Gasteiger partial charge >= 0.3 is 0 Å². The van der Waals surface area contributed by atoms with E-state index in [2.05, 4.69) is 23.8 Å². The van der Waals surface area contributed by atoms with Gasteiger partial charge in [0, 0.05) is 11.4 Å². The molecule has 0 radical (unpaired) electrons. The molecule has 3 heteroatoms. The molecule has 17 heavy (non-hydrogen) atoms. The Kier molecular flexibility index (Phi) is 5.50. The van der Waals surface area contributed by atoms with Gasteiger partial charge in [-0.2, -0.15) is 0 Å². The van der Waals surface area contributed by atoms with E-state index in [1.807, 2.05) is 39.0 Å². The highest BCUT2D eigenvalue weighted by molar-refractivity contribution is 7.90. The molecule has 0 unspecified atom stereocenters. The predicted molar refractivity (Wildman–Crippen MR) is 75.1 cm³/mol. The molecule has 0 amide bonds. The number of nitrogens with one attached hydrogen (secondary N) is 1. The Hall–Kier alpha value is -0.510. The molecule has 0 bridgehead atoms. The Balaban J connectivity index is 2.74. The third-order valence-corrected chi connectivity index (χ3v) is 4.20. The Morgan fingerprint density at radius 2 is 1.82 bits per heavy atom. The Bertz CT molecular complexity index is 321. The van der Waals surface area contributed by atoms with E-state index < -0.39 is 11.4 Å². The molecule has 0 saturated carbocycles. The van der Waals surface area contributed by atoms with Crippen molar-refractivity contribution in [2.24, 2.45) is 0 Å². The summed E-state index contributed by atoms with van der Waals surface area (Å²) < 4.78 is 15.1. The molecule has 0 fully saturated rings. The summed E-state index contributed by atoms with van der Waals surface area (Å²) in [6.45, 7) is 8.12. The predicted octanol–water partition coefficient (Wildman–Crippen LogP) is 3.58. The van der Waals surface area contributed by atoms with Crippen molar-refractivity contribution in [3.8, 4) is 0 Å². The van der Waals surface area contributed by atoms with E-state index in [9.17, 15) is 4.55 Å². The molecular weight excluding hydrogens is 230 g/mol. The molecule has 1 aromatic carbocycles. The highest BCUT2D eigenvalue weighted by Gasteiger charge is 2.29. The van der Waals surface area contributed by atoms with Crippen molar-refractivity contribution in [3.63, 3.8) is 0 Å². The summed E-state index contributed by atoms with van der Waals surface area (Å²) in [6.07, 6.45) is 2.08. The zero-order valence-corrected chi connectivity index (χ0v) is 12.0. The molecule has 0 spiro atoms. The lowest BCUT2D eigenvalue weighted by molar-refractivity contribution is 0.509. The molecule has 0 aliphatic rings. The molecule has 0 saturated heterocycles. The summed E-state index contributed by atoms with van der Waals surface area (Å²) in [7, 11) is 0. The molecule has 0 aliphatic heterocycles. The summed E-state index contributed by atoms with van der Waals surface area (Å²) in [5.41, 5.74) is 1.21. The first-order valence-electron chi connectivity index (χ1n) is 6.18. The SMILES string of the molecule is CCC[C@@H](N[S@@+]([O-])C(C)(C)C)c1ccccc1. The maximum Gasteiger partial charge on any atom is 0.136 e. The summed E-state index contributed by atoms with van der Waals surface area (Å²) in [5.74, 6) is 0. The first kappa shape index (κ1) is 14.6. The molecular formula is C14H23NOS. The van der Waals surface area contributed by atoms with Gasteiger partial charge in [0.05, 0.1) is 6.04 Å². The van der Waals surface area contributed by atoms with Crippen molar-refractivity contribution < 1.29 is 4.55 Å². The standard InChI is InChI=1S/C14H23NOS/c1-5-9-13(12-10-7-6-8-11-12)15-17(16)14(2,3)4/h6-8,10-11,13,15H,5,9H2,1-4H3/t13-,17+/m1/s1. The van der Waals surface area contributed by atoms with E-state index in [0.29, 0.717) is 0 Å². The van der Waals surface area contributed by atoms with Gasteiger partial charge in [-0.1, -0.05) is 43.7 Å². The van der Waals surface area contributed by atoms with E-state index in [1.165, 1.54) is 5.56 Å². The number of benzene rings is 1. The summed E-state index contributed by atoms with van der Waals surface area (Å²) >= 11 is -1.02. The van der Waals surface area contributed by atoms with Gasteiger partial charge in [-0.15, -0.1) is 4.72 Å². The number of hydrogen-bond acceptors (Lipinski definition) is 2. The van der Waals surface area contributed by atoms with Crippen LogP contribution in [0.5, 0.6) is 0 Å². The normalized spacial score (nSPS) is 15.6. The van der Waals surface area contributed by atoms with Crippen molar-refractivity contribution in [1.29, 1.82) is 0 Å². The second kappa shape index (κ2) is 6.43. The van der Waals surface area contributed by atoms with Gasteiger partial charge in [-0.05, 0) is 32.8 Å². The lowest BCUT2D eigenvalue weighted by Crippen LogP contribution is -2.41. The maximum absolute atomic E-state index is 12.1. The molecule has 96 valence electrons. The fourth-order valence-corrected chi connectivity index (χ4v) is 2.44. The van der Waals surface area contributed by atoms with E-state index in [4.69, 9.17) is 0 Å². The molecule has 1 N–H and O–H groups in total. The van der Waals surface area contributed by atoms with E-state index in [-0.39, 0.29) is 10.8 Å². The van der Waals surface area contributed by atoms with Crippen molar-refractivity contribution in [2.75, 3.05) is 0 Å². The van der Waals surface area contributed by atoms with Crippen LogP contribution in [0.15, 0.2) is 30.3 Å². The van der Waals surface area contributed by atoms with Crippen molar-refractivity contribution >= 4 is 11.4 Å². The number of hydrogen-bond donors (Lipinski definition) is 1. The van der Waals surface area contributed by atoms with Gasteiger partial charge < -0.3 is 4.55 Å². The molecule has 1 aromatic rings. The van der Waals surface area contributed by atoms with E-state index in [0.717, 1.165) is 12.8 Å². The van der Waals surface area contributed by atoms with Crippen LogP contribution in [0.2, 0.25) is 0 Å². The second-order valence-electron chi connectivity index (χ2n) is 5.25. The zero-order chi connectivity index (χ0) is 12.9. The fourth-order valence-electron chi connectivity index (χ4n) is 1.57. The Morgan fingerprint density at radius 1 is 1.24 bits per heavy atom. The smallest absolute Gasteiger partial charge is 0.136 e. The lowest BCUT2D eigenvalue weighted by Gasteiger charge is -2.28. The second-order valence-corrected chi connectivity index (χ2v) is 7.25. The van der Waals surface area contributed by atoms with Crippen molar-refractivity contribution in [1.82, 2.24) is 4.72 Å². The van der Waals surface area contributed by atoms with Crippen LogP contribution in [0, 0.1) is 0 Å². The third kappa shape index (κ3) is 4.70. The van der Waals surface area contributed by atoms with Gasteiger partial charge in [-0.3, -0.25) is 0 Å². The van der Waals surface area contributed by atoms with Crippen molar-refractivity contribution in [2.45, 2.75) is 51.3 Å². The van der Waals surface area contributed by atoms with Crippen LogP contribution in [0.3, 0.4) is 0 Å². The summed E-state index contributed by atoms with van der Waals surface area (Å²) in [4.78, 5) is 0. The highest BCUT2D eigenvalue weighted by atomic mass is 32.2.